The first-order valence-electron chi connectivity index (χ1n) is 6.86. The van der Waals surface area contributed by atoms with E-state index in [0.717, 1.165) is 5.69 Å². The molecule has 3 nitrogen and oxygen atoms in total. The topological polar surface area (TPSA) is 33.2 Å². The van der Waals surface area contributed by atoms with Crippen LogP contribution in [0.1, 0.15) is 16.1 Å². The Labute approximate surface area is 136 Å². The Balaban J connectivity index is 1.94. The van der Waals surface area contributed by atoms with Crippen molar-refractivity contribution in [3.63, 3.8) is 0 Å². The van der Waals surface area contributed by atoms with Crippen LogP contribution in [0.4, 0.5) is 13.2 Å². The van der Waals surface area contributed by atoms with E-state index >= 15 is 0 Å². The van der Waals surface area contributed by atoms with Gasteiger partial charge < -0.3 is 4.90 Å². The first-order chi connectivity index (χ1) is 10.8. The zero-order valence-electron chi connectivity index (χ0n) is 12.4. The van der Waals surface area contributed by atoms with Gasteiger partial charge in [-0.15, -0.1) is 0 Å². The molecule has 0 aliphatic heterocycles. The molecule has 0 spiro atoms. The van der Waals surface area contributed by atoms with Gasteiger partial charge in [-0.05, 0) is 48.2 Å². The molecule has 2 rings (SSSR count). The molecular weight excluding hydrogens is 325 g/mol. The van der Waals surface area contributed by atoms with Crippen LogP contribution in [-0.2, 0) is 6.42 Å². The van der Waals surface area contributed by atoms with Gasteiger partial charge in [0.1, 0.15) is 0 Å². The first-order valence-corrected chi connectivity index (χ1v) is 7.68. The Bertz CT molecular complexity index is 645. The van der Waals surface area contributed by atoms with Gasteiger partial charge in [0, 0.05) is 42.4 Å². The number of hydrogen-bond donors (Lipinski definition) is 0. The molecule has 0 aliphatic rings. The van der Waals surface area contributed by atoms with Crippen LogP contribution in [0.25, 0.3) is 0 Å². The van der Waals surface area contributed by atoms with Crippen molar-refractivity contribution < 1.29 is 18.0 Å². The maximum atomic E-state index is 12.3. The van der Waals surface area contributed by atoms with Crippen LogP contribution in [0, 0.1) is 0 Å². The normalized spacial score (nSPS) is 11.3. The molecule has 0 radical (unpaired) electrons. The van der Waals surface area contributed by atoms with Gasteiger partial charge in [0.05, 0.1) is 0 Å². The second-order valence-electron chi connectivity index (χ2n) is 4.87. The number of likely N-dealkylation sites (N-methyl/N-ethyl adjacent to an activating group) is 1. The highest BCUT2D eigenvalue weighted by Gasteiger charge is 2.29. The lowest BCUT2D eigenvalue weighted by molar-refractivity contribution is -0.0328. The number of benzene rings is 1. The minimum atomic E-state index is -4.33. The van der Waals surface area contributed by atoms with Crippen LogP contribution >= 0.6 is 11.8 Å². The number of rotatable bonds is 5. The standard InChI is InChI=1S/C16H15F3N2OS/c1-21(11-9-13-4-2-3-10-20-13)15(22)12-5-7-14(8-6-12)23-16(17,18)19/h2-8,10H,9,11H2,1H3. The van der Waals surface area contributed by atoms with Crippen LogP contribution < -0.4 is 0 Å². The molecule has 7 heteroatoms. The molecule has 0 saturated heterocycles. The van der Waals surface area contributed by atoms with Gasteiger partial charge >= 0.3 is 5.51 Å². The maximum Gasteiger partial charge on any atom is 0.446 e. The lowest BCUT2D eigenvalue weighted by Crippen LogP contribution is -2.28. The molecule has 1 aromatic heterocycles. The third kappa shape index (κ3) is 5.59. The van der Waals surface area contributed by atoms with Gasteiger partial charge in [0.25, 0.3) is 5.91 Å². The number of nitrogens with zero attached hydrogens (tertiary/aromatic N) is 2. The molecular formula is C16H15F3N2OS. The maximum absolute atomic E-state index is 12.3. The number of carbonyl (C=O) groups is 1. The van der Waals surface area contributed by atoms with E-state index in [2.05, 4.69) is 4.98 Å². The Kier molecular flexibility index (Phi) is 5.65. The number of thioether (sulfide) groups is 1. The smallest absolute Gasteiger partial charge is 0.341 e. The fourth-order valence-electron chi connectivity index (χ4n) is 1.95. The van der Waals surface area contributed by atoms with Gasteiger partial charge in [0.15, 0.2) is 0 Å². The minimum absolute atomic E-state index is 0.0604. The fraction of sp³-hybridized carbons (Fsp3) is 0.250. The van der Waals surface area contributed by atoms with Gasteiger partial charge in [-0.2, -0.15) is 13.2 Å². The predicted molar refractivity (Wildman–Crippen MR) is 83.3 cm³/mol. The highest BCUT2D eigenvalue weighted by molar-refractivity contribution is 8.00. The summed E-state index contributed by atoms with van der Waals surface area (Å²) in [6.45, 7) is 0.481. The second-order valence-corrected chi connectivity index (χ2v) is 6.01. The van der Waals surface area contributed by atoms with E-state index in [1.54, 1.807) is 13.2 Å². The molecule has 0 fully saturated rings. The summed E-state index contributed by atoms with van der Waals surface area (Å²) < 4.78 is 36.8. The van der Waals surface area contributed by atoms with Crippen molar-refractivity contribution in [2.24, 2.45) is 0 Å². The molecule has 0 aliphatic carbocycles. The lowest BCUT2D eigenvalue weighted by Gasteiger charge is -2.17. The van der Waals surface area contributed by atoms with Crippen LogP contribution in [0.5, 0.6) is 0 Å². The number of halogens is 3. The van der Waals surface area contributed by atoms with Crippen LogP contribution in [0.2, 0.25) is 0 Å². The van der Waals surface area contributed by atoms with Gasteiger partial charge in [-0.25, -0.2) is 0 Å². The molecule has 2 aromatic rings. The Hall–Kier alpha value is -2.02. The highest BCUT2D eigenvalue weighted by atomic mass is 32.2. The second kappa shape index (κ2) is 7.50. The summed E-state index contributed by atoms with van der Waals surface area (Å²) in [7, 11) is 1.66. The SMILES string of the molecule is CN(CCc1ccccn1)C(=O)c1ccc(SC(F)(F)F)cc1. The largest absolute Gasteiger partial charge is 0.446 e. The molecule has 0 atom stereocenters. The van der Waals surface area contributed by atoms with Crippen LogP contribution in [-0.4, -0.2) is 34.9 Å². The van der Waals surface area contributed by atoms with Crippen molar-refractivity contribution in [1.29, 1.82) is 0 Å². The first kappa shape index (κ1) is 17.3. The van der Waals surface area contributed by atoms with Crippen LogP contribution in [0.15, 0.2) is 53.6 Å². The average Bonchev–Trinajstić information content (AvgIpc) is 2.52. The molecule has 1 heterocycles. The van der Waals surface area contributed by atoms with Crippen molar-refractivity contribution in [3.05, 3.63) is 59.9 Å². The van der Waals surface area contributed by atoms with Crippen LogP contribution in [0.3, 0.4) is 0 Å². The van der Waals surface area contributed by atoms with Crippen molar-refractivity contribution in [1.82, 2.24) is 9.88 Å². The quantitative estimate of drug-likeness (QED) is 0.771. The zero-order chi connectivity index (χ0) is 16.9. The summed E-state index contributed by atoms with van der Waals surface area (Å²) in [4.78, 5) is 18.0. The van der Waals surface area contributed by atoms with Gasteiger partial charge in [0.2, 0.25) is 0 Å². The van der Waals surface area contributed by atoms with E-state index in [0.29, 0.717) is 18.5 Å². The third-order valence-electron chi connectivity index (χ3n) is 3.11. The van der Waals surface area contributed by atoms with E-state index in [-0.39, 0.29) is 22.6 Å². The van der Waals surface area contributed by atoms with Gasteiger partial charge in [-0.1, -0.05) is 6.07 Å². The van der Waals surface area contributed by atoms with E-state index in [9.17, 15) is 18.0 Å². The summed E-state index contributed by atoms with van der Waals surface area (Å²) >= 11 is -0.196. The van der Waals surface area contributed by atoms with E-state index < -0.39 is 5.51 Å². The van der Waals surface area contributed by atoms with Crippen molar-refractivity contribution in [3.8, 4) is 0 Å². The Morgan fingerprint density at radius 1 is 1.17 bits per heavy atom. The number of aromatic nitrogens is 1. The van der Waals surface area contributed by atoms with E-state index in [4.69, 9.17) is 0 Å². The van der Waals surface area contributed by atoms with Crippen molar-refractivity contribution >= 4 is 17.7 Å². The number of pyridine rings is 1. The Morgan fingerprint density at radius 3 is 2.43 bits per heavy atom. The Morgan fingerprint density at radius 2 is 1.87 bits per heavy atom. The molecule has 0 unspecified atom stereocenters. The fourth-order valence-corrected chi connectivity index (χ4v) is 2.49. The summed E-state index contributed by atoms with van der Waals surface area (Å²) in [6, 6.07) is 11.0. The molecule has 0 N–H and O–H groups in total. The van der Waals surface area contributed by atoms with Crippen molar-refractivity contribution in [2.45, 2.75) is 16.8 Å². The zero-order valence-corrected chi connectivity index (χ0v) is 13.2. The average molecular weight is 340 g/mol. The highest BCUT2D eigenvalue weighted by Crippen LogP contribution is 2.36. The van der Waals surface area contributed by atoms with Gasteiger partial charge in [-0.3, -0.25) is 9.78 Å². The van der Waals surface area contributed by atoms with Crippen molar-refractivity contribution in [2.75, 3.05) is 13.6 Å². The molecule has 0 bridgehead atoms. The molecule has 1 amide bonds. The van der Waals surface area contributed by atoms with E-state index in [1.165, 1.54) is 29.2 Å². The predicted octanol–water partition coefficient (Wildman–Crippen LogP) is 4.01. The molecule has 0 saturated carbocycles. The summed E-state index contributed by atoms with van der Waals surface area (Å²) in [5, 5.41) is 0. The number of alkyl halides is 3. The lowest BCUT2D eigenvalue weighted by atomic mass is 10.2. The minimum Gasteiger partial charge on any atom is -0.341 e. The summed E-state index contributed by atoms with van der Waals surface area (Å²) in [6.07, 6.45) is 2.30. The summed E-state index contributed by atoms with van der Waals surface area (Å²) in [5.74, 6) is -0.232. The van der Waals surface area contributed by atoms with E-state index in [1.807, 2.05) is 18.2 Å². The molecule has 122 valence electrons. The summed E-state index contributed by atoms with van der Waals surface area (Å²) in [5.41, 5.74) is -3.09. The molecule has 1 aromatic carbocycles. The number of hydrogen-bond acceptors (Lipinski definition) is 3. The third-order valence-corrected chi connectivity index (χ3v) is 3.85. The molecule has 23 heavy (non-hydrogen) atoms. The number of amides is 1. The monoisotopic (exact) mass is 340 g/mol. The number of carbonyl (C=O) groups excluding carboxylic acids is 1.